The van der Waals surface area contributed by atoms with Crippen LogP contribution >= 0.6 is 0 Å². The van der Waals surface area contributed by atoms with Crippen molar-refractivity contribution in [3.8, 4) is 11.4 Å². The van der Waals surface area contributed by atoms with E-state index in [-0.39, 0.29) is 5.82 Å². The number of aromatic nitrogens is 5. The first-order valence-electron chi connectivity index (χ1n) is 10.1. The van der Waals surface area contributed by atoms with Crippen molar-refractivity contribution in [3.05, 3.63) is 52.1 Å². The Morgan fingerprint density at radius 1 is 1.27 bits per heavy atom. The number of nitrogens with one attached hydrogen (secondary N) is 1. The zero-order valence-corrected chi connectivity index (χ0v) is 17.7. The Balaban J connectivity index is 1.79. The van der Waals surface area contributed by atoms with Crippen molar-refractivity contribution < 1.29 is 27.1 Å². The lowest BCUT2D eigenvalue weighted by Gasteiger charge is -2.20. The van der Waals surface area contributed by atoms with Crippen LogP contribution in [-0.2, 0) is 20.0 Å². The Morgan fingerprint density at radius 3 is 2.67 bits per heavy atom. The summed E-state index contributed by atoms with van der Waals surface area (Å²) in [6, 6.07) is 3.07. The third kappa shape index (κ3) is 4.34. The fraction of sp³-hybridized carbons (Fsp3) is 0.400. The second-order valence-electron chi connectivity index (χ2n) is 7.62. The number of aryl methyl sites for hydroxylation is 2. The highest BCUT2D eigenvalue weighted by atomic mass is 19.4. The van der Waals surface area contributed by atoms with Gasteiger partial charge in [-0.05, 0) is 25.8 Å². The molecular weight excluding hydrogens is 448 g/mol. The standard InChI is InChI=1S/C20H20F4N6O3/c1-11(20(22,23)24)33-15-10-14(30-19(32)29-8-4-3-5-17(29)27-30)13(21)9-12(15)18(31)26-16-6-7-25-28(16)2/h6-7,9-11H,3-5,8H2,1-2H3,(H,26,31)/t11-/m0/s1. The van der Waals surface area contributed by atoms with E-state index >= 15 is 4.39 Å². The fourth-order valence-electron chi connectivity index (χ4n) is 3.47. The van der Waals surface area contributed by atoms with Crippen molar-refractivity contribution in [2.24, 2.45) is 7.05 Å². The largest absolute Gasteiger partial charge is 0.480 e. The number of amides is 1. The number of hydrogen-bond acceptors (Lipinski definition) is 5. The molecule has 9 nitrogen and oxygen atoms in total. The van der Waals surface area contributed by atoms with Gasteiger partial charge < -0.3 is 10.1 Å². The van der Waals surface area contributed by atoms with Crippen LogP contribution in [0.3, 0.4) is 0 Å². The molecule has 1 atom stereocenters. The molecule has 3 heterocycles. The van der Waals surface area contributed by atoms with Crippen LogP contribution in [0.5, 0.6) is 5.75 Å². The molecule has 0 unspecified atom stereocenters. The van der Waals surface area contributed by atoms with Gasteiger partial charge >= 0.3 is 11.9 Å². The van der Waals surface area contributed by atoms with Crippen LogP contribution in [0.15, 0.2) is 29.2 Å². The minimum Gasteiger partial charge on any atom is -0.480 e. The third-order valence-electron chi connectivity index (χ3n) is 5.32. The van der Waals surface area contributed by atoms with Crippen LogP contribution in [0.4, 0.5) is 23.4 Å². The van der Waals surface area contributed by atoms with Gasteiger partial charge in [0.2, 0.25) is 0 Å². The van der Waals surface area contributed by atoms with E-state index in [9.17, 15) is 22.8 Å². The normalized spacial score (nSPS) is 14.6. The van der Waals surface area contributed by atoms with E-state index in [1.54, 1.807) is 0 Å². The molecule has 3 aromatic rings. The summed E-state index contributed by atoms with van der Waals surface area (Å²) < 4.78 is 63.1. The minimum absolute atomic E-state index is 0.234. The molecule has 2 aromatic heterocycles. The number of ether oxygens (including phenoxy) is 1. The van der Waals surface area contributed by atoms with Crippen LogP contribution in [-0.4, -0.2) is 42.3 Å². The molecule has 0 bridgehead atoms. The minimum atomic E-state index is -4.74. The van der Waals surface area contributed by atoms with Gasteiger partial charge in [-0.1, -0.05) is 0 Å². The molecule has 176 valence electrons. The van der Waals surface area contributed by atoms with Crippen molar-refractivity contribution in [3.63, 3.8) is 0 Å². The summed E-state index contributed by atoms with van der Waals surface area (Å²) >= 11 is 0. The van der Waals surface area contributed by atoms with Gasteiger partial charge in [-0.3, -0.25) is 14.0 Å². The van der Waals surface area contributed by atoms with E-state index in [0.29, 0.717) is 18.8 Å². The molecule has 1 aromatic carbocycles. The molecule has 0 fully saturated rings. The van der Waals surface area contributed by atoms with Crippen LogP contribution in [0.2, 0.25) is 0 Å². The zero-order valence-electron chi connectivity index (χ0n) is 17.7. The quantitative estimate of drug-likeness (QED) is 0.581. The number of rotatable bonds is 5. The topological polar surface area (TPSA) is 96.0 Å². The Labute approximate surface area is 184 Å². The lowest BCUT2D eigenvalue weighted by molar-refractivity contribution is -0.189. The van der Waals surface area contributed by atoms with Crippen molar-refractivity contribution in [1.29, 1.82) is 0 Å². The number of hydrogen-bond donors (Lipinski definition) is 1. The molecule has 1 aliphatic rings. The van der Waals surface area contributed by atoms with Gasteiger partial charge in [0.15, 0.2) is 6.10 Å². The molecule has 0 aliphatic carbocycles. The van der Waals surface area contributed by atoms with E-state index in [4.69, 9.17) is 4.74 Å². The summed E-state index contributed by atoms with van der Waals surface area (Å²) in [7, 11) is 1.54. The number of carbonyl (C=O) groups excluding carboxylic acids is 1. The average Bonchev–Trinajstić information content (AvgIpc) is 3.31. The summed E-state index contributed by atoms with van der Waals surface area (Å²) in [6.07, 6.45) is -3.56. The van der Waals surface area contributed by atoms with Crippen LogP contribution in [0.25, 0.3) is 5.69 Å². The molecule has 0 saturated heterocycles. The van der Waals surface area contributed by atoms with Gasteiger partial charge in [0.1, 0.15) is 28.9 Å². The Kier molecular flexibility index (Phi) is 5.72. The average molecular weight is 468 g/mol. The maximum Gasteiger partial charge on any atom is 0.425 e. The molecule has 0 saturated carbocycles. The highest BCUT2D eigenvalue weighted by Crippen LogP contribution is 2.31. The van der Waals surface area contributed by atoms with Gasteiger partial charge in [0.25, 0.3) is 5.91 Å². The van der Waals surface area contributed by atoms with Crippen molar-refractivity contribution >= 4 is 11.7 Å². The first kappa shape index (κ1) is 22.6. The number of anilines is 1. The summed E-state index contributed by atoms with van der Waals surface area (Å²) in [6.45, 7) is 1.17. The number of carbonyl (C=O) groups is 1. The SMILES string of the molecule is C[C@H](Oc1cc(-n2nc3n(c2=O)CCCC3)c(F)cc1C(=O)Nc1ccnn1C)C(F)(F)F. The molecule has 33 heavy (non-hydrogen) atoms. The van der Waals surface area contributed by atoms with Crippen LogP contribution < -0.4 is 15.7 Å². The second kappa shape index (κ2) is 8.37. The molecule has 0 radical (unpaired) electrons. The maximum atomic E-state index is 15.1. The van der Waals surface area contributed by atoms with Gasteiger partial charge in [-0.25, -0.2) is 9.18 Å². The third-order valence-corrected chi connectivity index (χ3v) is 5.32. The first-order valence-corrected chi connectivity index (χ1v) is 10.1. The monoisotopic (exact) mass is 468 g/mol. The van der Waals surface area contributed by atoms with Crippen molar-refractivity contribution in [2.45, 2.75) is 45.0 Å². The number of halogens is 4. The smallest absolute Gasteiger partial charge is 0.425 e. The lowest BCUT2D eigenvalue weighted by Crippen LogP contribution is -2.32. The highest BCUT2D eigenvalue weighted by molar-refractivity contribution is 6.06. The van der Waals surface area contributed by atoms with E-state index in [2.05, 4.69) is 15.5 Å². The maximum absolute atomic E-state index is 15.1. The van der Waals surface area contributed by atoms with E-state index in [1.165, 1.54) is 28.6 Å². The van der Waals surface area contributed by atoms with Crippen LogP contribution in [0, 0.1) is 5.82 Å². The lowest BCUT2D eigenvalue weighted by atomic mass is 10.1. The second-order valence-corrected chi connectivity index (χ2v) is 7.62. The van der Waals surface area contributed by atoms with E-state index < -0.39 is 46.7 Å². The molecule has 1 N–H and O–H groups in total. The Hall–Kier alpha value is -3.64. The fourth-order valence-corrected chi connectivity index (χ4v) is 3.47. The number of fused-ring (bicyclic) bond motifs is 1. The van der Waals surface area contributed by atoms with Gasteiger partial charge in [-0.2, -0.15) is 23.0 Å². The highest BCUT2D eigenvalue weighted by Gasteiger charge is 2.39. The van der Waals surface area contributed by atoms with Crippen LogP contribution in [0.1, 0.15) is 35.9 Å². The molecule has 1 amide bonds. The molecular formula is C20H20F4N6O3. The summed E-state index contributed by atoms with van der Waals surface area (Å²) in [5, 5.41) is 10.5. The Morgan fingerprint density at radius 2 is 2.03 bits per heavy atom. The molecule has 4 rings (SSSR count). The number of benzene rings is 1. The van der Waals surface area contributed by atoms with E-state index in [0.717, 1.165) is 36.6 Å². The predicted octanol–water partition coefficient (Wildman–Crippen LogP) is 2.82. The van der Waals surface area contributed by atoms with Gasteiger partial charge in [0, 0.05) is 32.1 Å². The van der Waals surface area contributed by atoms with Gasteiger partial charge in [-0.15, -0.1) is 5.10 Å². The summed E-state index contributed by atoms with van der Waals surface area (Å²) in [4.78, 5) is 25.5. The predicted molar refractivity (Wildman–Crippen MR) is 108 cm³/mol. The molecule has 13 heteroatoms. The molecule has 0 spiro atoms. The Bertz CT molecular complexity index is 1260. The van der Waals surface area contributed by atoms with Crippen molar-refractivity contribution in [2.75, 3.05) is 5.32 Å². The number of alkyl halides is 3. The van der Waals surface area contributed by atoms with E-state index in [1.807, 2.05) is 0 Å². The van der Waals surface area contributed by atoms with Crippen molar-refractivity contribution in [1.82, 2.24) is 24.1 Å². The summed E-state index contributed by atoms with van der Waals surface area (Å²) in [5.74, 6) is -1.79. The first-order chi connectivity index (χ1) is 15.6. The van der Waals surface area contributed by atoms with Gasteiger partial charge in [0.05, 0.1) is 11.8 Å². The zero-order chi connectivity index (χ0) is 23.9. The summed E-state index contributed by atoms with van der Waals surface area (Å²) in [5.41, 5.74) is -1.51. The number of nitrogens with zero attached hydrogens (tertiary/aromatic N) is 5. The molecule has 1 aliphatic heterocycles.